The highest BCUT2D eigenvalue weighted by molar-refractivity contribution is 7.92. The van der Waals surface area contributed by atoms with Gasteiger partial charge in [-0.1, -0.05) is 35.3 Å². The van der Waals surface area contributed by atoms with Crippen molar-refractivity contribution in [2.75, 3.05) is 23.0 Å². The van der Waals surface area contributed by atoms with Gasteiger partial charge in [-0.2, -0.15) is 0 Å². The second-order valence-electron chi connectivity index (χ2n) is 5.55. The van der Waals surface area contributed by atoms with Gasteiger partial charge in [-0.3, -0.25) is 9.10 Å². The topological polar surface area (TPSA) is 75.7 Å². The zero-order valence-corrected chi connectivity index (χ0v) is 16.7. The van der Waals surface area contributed by atoms with E-state index in [0.29, 0.717) is 11.4 Å². The molecule has 0 aliphatic carbocycles. The van der Waals surface area contributed by atoms with E-state index < -0.39 is 22.0 Å². The van der Waals surface area contributed by atoms with E-state index in [1.807, 2.05) is 0 Å². The quantitative estimate of drug-likeness (QED) is 0.776. The van der Waals surface area contributed by atoms with Crippen LogP contribution in [0.4, 0.5) is 11.4 Å². The van der Waals surface area contributed by atoms with Crippen LogP contribution in [0.3, 0.4) is 0 Å². The first kappa shape index (κ1) is 20.4. The third kappa shape index (κ3) is 4.81. The monoisotopic (exact) mass is 416 g/mol. The molecule has 0 radical (unpaired) electrons. The number of methoxy groups -OCH3 is 1. The van der Waals surface area contributed by atoms with Crippen molar-refractivity contribution >= 4 is 50.5 Å². The molecule has 2 rings (SSSR count). The average Bonchev–Trinajstić information content (AvgIpc) is 2.53. The van der Waals surface area contributed by atoms with Gasteiger partial charge in [-0.25, -0.2) is 8.42 Å². The van der Waals surface area contributed by atoms with E-state index in [1.54, 1.807) is 24.3 Å². The van der Waals surface area contributed by atoms with Gasteiger partial charge in [-0.15, -0.1) is 0 Å². The molecular weight excluding hydrogens is 399 g/mol. The number of ether oxygens (including phenoxy) is 1. The standard InChI is InChI=1S/C17H18Cl2N2O4S/c1-11(17(22)20-15-6-4-5-7-16(15)25-2)21(26(3,23)24)14-9-12(18)8-13(19)10-14/h4-11H,1-3H3,(H,20,22)/t11-/m0/s1. The molecule has 0 saturated heterocycles. The Kier molecular flexibility index (Phi) is 6.39. The van der Waals surface area contributed by atoms with E-state index in [-0.39, 0.29) is 15.7 Å². The Morgan fingerprint density at radius 3 is 2.27 bits per heavy atom. The molecule has 1 amide bonds. The van der Waals surface area contributed by atoms with Crippen LogP contribution in [-0.4, -0.2) is 33.7 Å². The molecule has 9 heteroatoms. The summed E-state index contributed by atoms with van der Waals surface area (Å²) >= 11 is 11.9. The van der Waals surface area contributed by atoms with E-state index in [2.05, 4.69) is 5.32 Å². The lowest BCUT2D eigenvalue weighted by molar-refractivity contribution is -0.116. The molecule has 0 unspecified atom stereocenters. The van der Waals surface area contributed by atoms with Crippen molar-refractivity contribution in [3.63, 3.8) is 0 Å². The van der Waals surface area contributed by atoms with Crippen LogP contribution >= 0.6 is 23.2 Å². The Bertz CT molecular complexity index is 898. The van der Waals surface area contributed by atoms with Gasteiger partial charge < -0.3 is 10.1 Å². The molecule has 0 fully saturated rings. The summed E-state index contributed by atoms with van der Waals surface area (Å²) in [5, 5.41) is 3.20. The molecule has 0 saturated carbocycles. The fourth-order valence-corrected chi connectivity index (χ4v) is 4.13. The molecule has 1 N–H and O–H groups in total. The van der Waals surface area contributed by atoms with Crippen LogP contribution in [0.25, 0.3) is 0 Å². The minimum atomic E-state index is -3.78. The number of hydrogen-bond donors (Lipinski definition) is 1. The van der Waals surface area contributed by atoms with Crippen LogP contribution < -0.4 is 14.4 Å². The number of nitrogens with one attached hydrogen (secondary N) is 1. The largest absolute Gasteiger partial charge is 0.495 e. The summed E-state index contributed by atoms with van der Waals surface area (Å²) in [7, 11) is -2.30. The Hall–Kier alpha value is -1.96. The lowest BCUT2D eigenvalue weighted by Gasteiger charge is -2.28. The van der Waals surface area contributed by atoms with E-state index in [1.165, 1.54) is 32.2 Å². The van der Waals surface area contributed by atoms with E-state index in [0.717, 1.165) is 10.6 Å². The smallest absolute Gasteiger partial charge is 0.248 e. The van der Waals surface area contributed by atoms with Crippen molar-refractivity contribution < 1.29 is 17.9 Å². The zero-order valence-electron chi connectivity index (χ0n) is 14.4. The summed E-state index contributed by atoms with van der Waals surface area (Å²) in [5.41, 5.74) is 0.636. The highest BCUT2D eigenvalue weighted by Gasteiger charge is 2.30. The predicted octanol–water partition coefficient (Wildman–Crippen LogP) is 3.80. The van der Waals surface area contributed by atoms with Crippen LogP contribution in [0, 0.1) is 0 Å². The number of nitrogens with zero attached hydrogens (tertiary/aromatic N) is 1. The summed E-state index contributed by atoms with van der Waals surface area (Å²) in [6.07, 6.45) is 1.01. The Balaban J connectivity index is 2.38. The molecule has 1 atom stereocenters. The minimum Gasteiger partial charge on any atom is -0.495 e. The molecule has 26 heavy (non-hydrogen) atoms. The Morgan fingerprint density at radius 1 is 1.15 bits per heavy atom. The van der Waals surface area contributed by atoms with Gasteiger partial charge in [0, 0.05) is 10.0 Å². The van der Waals surface area contributed by atoms with Crippen LogP contribution in [0.1, 0.15) is 6.92 Å². The maximum Gasteiger partial charge on any atom is 0.248 e. The number of anilines is 2. The minimum absolute atomic E-state index is 0.202. The van der Waals surface area contributed by atoms with Crippen LogP contribution in [0.5, 0.6) is 5.75 Å². The number of carbonyl (C=O) groups excluding carboxylic acids is 1. The fraction of sp³-hybridized carbons (Fsp3) is 0.235. The van der Waals surface area contributed by atoms with Crippen molar-refractivity contribution in [1.29, 1.82) is 0 Å². The second kappa shape index (κ2) is 8.16. The highest BCUT2D eigenvalue weighted by Crippen LogP contribution is 2.29. The number of sulfonamides is 1. The molecule has 2 aromatic rings. The maximum atomic E-state index is 12.7. The number of benzene rings is 2. The SMILES string of the molecule is COc1ccccc1NC(=O)[C@H](C)N(c1cc(Cl)cc(Cl)c1)S(C)(=O)=O. The second-order valence-corrected chi connectivity index (χ2v) is 8.28. The Morgan fingerprint density at radius 2 is 1.73 bits per heavy atom. The third-order valence-corrected chi connectivity index (χ3v) is 5.23. The predicted molar refractivity (Wildman–Crippen MR) is 105 cm³/mol. The van der Waals surface area contributed by atoms with Crippen molar-refractivity contribution in [2.24, 2.45) is 0 Å². The van der Waals surface area contributed by atoms with Gasteiger partial charge >= 0.3 is 0 Å². The number of hydrogen-bond acceptors (Lipinski definition) is 4. The number of amides is 1. The van der Waals surface area contributed by atoms with E-state index in [9.17, 15) is 13.2 Å². The maximum absolute atomic E-state index is 12.7. The van der Waals surface area contributed by atoms with Crippen molar-refractivity contribution in [2.45, 2.75) is 13.0 Å². The van der Waals surface area contributed by atoms with Gasteiger partial charge in [0.15, 0.2) is 0 Å². The Labute approximate surface area is 162 Å². The van der Waals surface area contributed by atoms with Gasteiger partial charge in [0.25, 0.3) is 0 Å². The zero-order chi connectivity index (χ0) is 19.5. The molecule has 0 spiro atoms. The molecule has 0 heterocycles. The average molecular weight is 417 g/mol. The van der Waals surface area contributed by atoms with Gasteiger partial charge in [-0.05, 0) is 37.3 Å². The summed E-state index contributed by atoms with van der Waals surface area (Å²) in [6.45, 7) is 1.47. The lowest BCUT2D eigenvalue weighted by atomic mass is 10.2. The summed E-state index contributed by atoms with van der Waals surface area (Å²) in [6, 6.07) is 10.1. The molecule has 0 aliphatic rings. The number of carbonyl (C=O) groups is 1. The van der Waals surface area contributed by atoms with Crippen molar-refractivity contribution in [3.8, 4) is 5.75 Å². The summed E-state index contributed by atoms with van der Waals surface area (Å²) < 4.78 is 30.8. The van der Waals surface area contributed by atoms with Crippen molar-refractivity contribution in [3.05, 3.63) is 52.5 Å². The van der Waals surface area contributed by atoms with Gasteiger partial charge in [0.1, 0.15) is 11.8 Å². The molecule has 140 valence electrons. The molecule has 0 bridgehead atoms. The summed E-state index contributed by atoms with van der Waals surface area (Å²) in [4.78, 5) is 12.7. The molecule has 6 nitrogen and oxygen atoms in total. The molecule has 0 aliphatic heterocycles. The number of rotatable bonds is 6. The van der Waals surface area contributed by atoms with Gasteiger partial charge in [0.2, 0.25) is 15.9 Å². The number of halogens is 2. The first-order chi connectivity index (χ1) is 12.1. The van der Waals surface area contributed by atoms with Gasteiger partial charge in [0.05, 0.1) is 24.7 Å². The normalized spacial score (nSPS) is 12.3. The highest BCUT2D eigenvalue weighted by atomic mass is 35.5. The first-order valence-corrected chi connectivity index (χ1v) is 10.1. The molecule has 0 aromatic heterocycles. The van der Waals surface area contributed by atoms with E-state index in [4.69, 9.17) is 27.9 Å². The van der Waals surface area contributed by atoms with Crippen molar-refractivity contribution in [1.82, 2.24) is 0 Å². The van der Waals surface area contributed by atoms with Crippen LogP contribution in [0.2, 0.25) is 10.0 Å². The number of para-hydroxylation sites is 2. The lowest BCUT2D eigenvalue weighted by Crippen LogP contribution is -2.45. The molecular formula is C17H18Cl2N2O4S. The fourth-order valence-electron chi connectivity index (χ4n) is 2.46. The van der Waals surface area contributed by atoms with E-state index >= 15 is 0 Å². The molecule has 2 aromatic carbocycles. The third-order valence-electron chi connectivity index (χ3n) is 3.56. The first-order valence-electron chi connectivity index (χ1n) is 7.53. The van der Waals surface area contributed by atoms with Crippen LogP contribution in [-0.2, 0) is 14.8 Å². The van der Waals surface area contributed by atoms with Crippen LogP contribution in [0.15, 0.2) is 42.5 Å². The summed E-state index contributed by atoms with van der Waals surface area (Å²) in [5.74, 6) is -0.0687.